The molecule has 0 saturated heterocycles. The predicted molar refractivity (Wildman–Crippen MR) is 75.0 cm³/mol. The molecule has 0 fully saturated rings. The zero-order valence-electron chi connectivity index (χ0n) is 11.4. The quantitative estimate of drug-likeness (QED) is 0.849. The van der Waals surface area contributed by atoms with Gasteiger partial charge >= 0.3 is 0 Å². The van der Waals surface area contributed by atoms with Gasteiger partial charge in [-0.2, -0.15) is 0 Å². The Morgan fingerprint density at radius 2 is 1.78 bits per heavy atom. The van der Waals surface area contributed by atoms with E-state index < -0.39 is 0 Å². The first-order chi connectivity index (χ1) is 8.71. The second kappa shape index (κ2) is 5.42. The van der Waals surface area contributed by atoms with Crippen LogP contribution in [0.5, 0.6) is 0 Å². The third-order valence-electron chi connectivity index (χ3n) is 3.27. The van der Waals surface area contributed by atoms with Crippen molar-refractivity contribution in [3.63, 3.8) is 0 Å². The molecule has 0 atom stereocenters. The van der Waals surface area contributed by atoms with E-state index in [4.69, 9.17) is 5.73 Å². The van der Waals surface area contributed by atoms with Crippen LogP contribution in [0.3, 0.4) is 0 Å². The van der Waals surface area contributed by atoms with Gasteiger partial charge in [0, 0.05) is 25.2 Å². The van der Waals surface area contributed by atoms with Crippen LogP contribution >= 0.6 is 0 Å². The van der Waals surface area contributed by atoms with E-state index in [9.17, 15) is 0 Å². The maximum absolute atomic E-state index is 5.91. The second-order valence-corrected chi connectivity index (χ2v) is 4.44. The van der Waals surface area contributed by atoms with Gasteiger partial charge in [-0.3, -0.25) is 10.4 Å². The van der Waals surface area contributed by atoms with Gasteiger partial charge in [-0.15, -0.1) is 5.12 Å². The summed E-state index contributed by atoms with van der Waals surface area (Å²) in [5.41, 5.74) is 14.1. The average Bonchev–Trinajstić information content (AvgIpc) is 2.77. The molecule has 1 aromatic carbocycles. The molecule has 1 aliphatic heterocycles. The van der Waals surface area contributed by atoms with E-state index in [2.05, 4.69) is 60.6 Å². The standard InChI is InChI=1S/C14H22N4/c1-4-17-13(10-15)14(16-18(17)5-2)12-8-6-11(3)7-9-12/h6-9,16H,4-5,10,15H2,1-3H3. The second-order valence-electron chi connectivity index (χ2n) is 4.44. The molecule has 98 valence electrons. The molecule has 0 aromatic heterocycles. The molecule has 0 saturated carbocycles. The Bertz CT molecular complexity index is 436. The minimum absolute atomic E-state index is 0.542. The summed E-state index contributed by atoms with van der Waals surface area (Å²) in [4.78, 5) is 0. The summed E-state index contributed by atoms with van der Waals surface area (Å²) >= 11 is 0. The number of hydrazine groups is 2. The number of nitrogens with two attached hydrogens (primary N) is 1. The highest BCUT2D eigenvalue weighted by Crippen LogP contribution is 2.25. The first kappa shape index (κ1) is 12.9. The predicted octanol–water partition coefficient (Wildman–Crippen LogP) is 1.70. The molecule has 0 spiro atoms. The van der Waals surface area contributed by atoms with Crippen LogP contribution in [0.25, 0.3) is 5.70 Å². The molecule has 4 heteroatoms. The number of aryl methyl sites for hydroxylation is 1. The lowest BCUT2D eigenvalue weighted by molar-refractivity contribution is 0.00781. The zero-order valence-corrected chi connectivity index (χ0v) is 11.4. The third-order valence-corrected chi connectivity index (χ3v) is 3.27. The molecular formula is C14H22N4. The SMILES string of the molecule is CCN1NC(c2ccc(C)cc2)=C(CN)N1CC. The van der Waals surface area contributed by atoms with Crippen molar-refractivity contribution in [2.75, 3.05) is 19.6 Å². The summed E-state index contributed by atoms with van der Waals surface area (Å²) in [6, 6.07) is 8.53. The van der Waals surface area contributed by atoms with Crippen molar-refractivity contribution >= 4 is 5.70 Å². The molecule has 1 heterocycles. The monoisotopic (exact) mass is 246 g/mol. The molecule has 18 heavy (non-hydrogen) atoms. The molecule has 4 nitrogen and oxygen atoms in total. The Morgan fingerprint density at radius 3 is 2.28 bits per heavy atom. The number of rotatable bonds is 4. The number of hydrogen-bond acceptors (Lipinski definition) is 4. The summed E-state index contributed by atoms with van der Waals surface area (Å²) in [7, 11) is 0. The molecule has 0 amide bonds. The van der Waals surface area contributed by atoms with Gasteiger partial charge in [-0.25, -0.2) is 0 Å². The molecule has 1 aromatic rings. The van der Waals surface area contributed by atoms with Crippen LogP contribution in [0.4, 0.5) is 0 Å². The molecule has 0 aliphatic carbocycles. The van der Waals surface area contributed by atoms with Gasteiger partial charge in [-0.05, 0) is 20.8 Å². The zero-order chi connectivity index (χ0) is 13.1. The van der Waals surface area contributed by atoms with Crippen molar-refractivity contribution in [2.45, 2.75) is 20.8 Å². The number of hydrogen-bond donors (Lipinski definition) is 2. The number of likely N-dealkylation sites (N-methyl/N-ethyl adjacent to an activating group) is 1. The van der Waals surface area contributed by atoms with Gasteiger partial charge in [0.2, 0.25) is 0 Å². The van der Waals surface area contributed by atoms with Gasteiger partial charge in [0.05, 0.1) is 11.4 Å². The minimum Gasteiger partial charge on any atom is -0.325 e. The summed E-state index contributed by atoms with van der Waals surface area (Å²) in [6.45, 7) is 8.73. The Labute approximate surface area is 109 Å². The fourth-order valence-electron chi connectivity index (χ4n) is 2.30. The Balaban J connectivity index is 2.37. The highest BCUT2D eigenvalue weighted by molar-refractivity contribution is 5.68. The van der Waals surface area contributed by atoms with Crippen LogP contribution in [0.2, 0.25) is 0 Å². The maximum Gasteiger partial charge on any atom is 0.0799 e. The van der Waals surface area contributed by atoms with Crippen molar-refractivity contribution in [3.8, 4) is 0 Å². The van der Waals surface area contributed by atoms with Gasteiger partial charge in [0.25, 0.3) is 0 Å². The van der Waals surface area contributed by atoms with E-state index in [1.54, 1.807) is 0 Å². The van der Waals surface area contributed by atoms with Gasteiger partial charge < -0.3 is 5.73 Å². The van der Waals surface area contributed by atoms with Crippen molar-refractivity contribution in [1.29, 1.82) is 0 Å². The molecule has 0 unspecified atom stereocenters. The Hall–Kier alpha value is -1.52. The largest absolute Gasteiger partial charge is 0.325 e. The lowest BCUT2D eigenvalue weighted by atomic mass is 10.1. The van der Waals surface area contributed by atoms with Crippen molar-refractivity contribution < 1.29 is 0 Å². The normalized spacial score (nSPS) is 16.3. The first-order valence-electron chi connectivity index (χ1n) is 6.53. The van der Waals surface area contributed by atoms with Crippen LogP contribution in [-0.2, 0) is 0 Å². The summed E-state index contributed by atoms with van der Waals surface area (Å²) < 4.78 is 0. The van der Waals surface area contributed by atoms with Crippen LogP contribution in [0.15, 0.2) is 30.0 Å². The van der Waals surface area contributed by atoms with Crippen LogP contribution in [0, 0.1) is 6.92 Å². The summed E-state index contributed by atoms with van der Waals surface area (Å²) in [5.74, 6) is 0. The summed E-state index contributed by atoms with van der Waals surface area (Å²) in [6.07, 6.45) is 0. The van der Waals surface area contributed by atoms with Gasteiger partial charge in [-0.1, -0.05) is 29.8 Å². The number of nitrogens with one attached hydrogen (secondary N) is 1. The van der Waals surface area contributed by atoms with Crippen LogP contribution < -0.4 is 11.2 Å². The van der Waals surface area contributed by atoms with E-state index in [1.807, 2.05) is 0 Å². The van der Waals surface area contributed by atoms with Gasteiger partial charge in [0.1, 0.15) is 0 Å². The maximum atomic E-state index is 5.91. The van der Waals surface area contributed by atoms with E-state index in [-0.39, 0.29) is 0 Å². The molecule has 0 bridgehead atoms. The van der Waals surface area contributed by atoms with E-state index >= 15 is 0 Å². The molecule has 3 N–H and O–H groups in total. The number of benzene rings is 1. The highest BCUT2D eigenvalue weighted by Gasteiger charge is 2.26. The minimum atomic E-state index is 0.542. The van der Waals surface area contributed by atoms with E-state index in [1.165, 1.54) is 11.1 Å². The topological polar surface area (TPSA) is 44.5 Å². The third kappa shape index (κ3) is 2.21. The summed E-state index contributed by atoms with van der Waals surface area (Å²) in [5, 5.41) is 4.31. The van der Waals surface area contributed by atoms with E-state index in [0.717, 1.165) is 24.5 Å². The first-order valence-corrected chi connectivity index (χ1v) is 6.53. The Kier molecular flexibility index (Phi) is 3.89. The Morgan fingerprint density at radius 1 is 1.11 bits per heavy atom. The molecular weight excluding hydrogens is 224 g/mol. The van der Waals surface area contributed by atoms with Crippen molar-refractivity contribution in [2.24, 2.45) is 5.73 Å². The van der Waals surface area contributed by atoms with Crippen molar-refractivity contribution in [1.82, 2.24) is 15.6 Å². The average molecular weight is 246 g/mol. The smallest absolute Gasteiger partial charge is 0.0799 e. The van der Waals surface area contributed by atoms with Gasteiger partial charge in [0.15, 0.2) is 0 Å². The number of nitrogens with zero attached hydrogens (tertiary/aromatic N) is 2. The van der Waals surface area contributed by atoms with Crippen molar-refractivity contribution in [3.05, 3.63) is 41.1 Å². The fraction of sp³-hybridized carbons (Fsp3) is 0.429. The van der Waals surface area contributed by atoms with E-state index in [0.29, 0.717) is 6.54 Å². The highest BCUT2D eigenvalue weighted by atomic mass is 15.8. The molecule has 1 aliphatic rings. The molecule has 0 radical (unpaired) electrons. The fourth-order valence-corrected chi connectivity index (χ4v) is 2.30. The lowest BCUT2D eigenvalue weighted by Crippen LogP contribution is -2.43. The lowest BCUT2D eigenvalue weighted by Gasteiger charge is -2.28. The van der Waals surface area contributed by atoms with Crippen LogP contribution in [0.1, 0.15) is 25.0 Å². The van der Waals surface area contributed by atoms with Crippen LogP contribution in [-0.4, -0.2) is 29.8 Å². The molecule has 2 rings (SSSR count).